The number of ether oxygens (including phenoxy) is 3. The first-order valence-electron chi connectivity index (χ1n) is 11.3. The highest BCUT2D eigenvalue weighted by Crippen LogP contribution is 2.44. The minimum absolute atomic E-state index is 0.0157. The number of hydrogen-bond donors (Lipinski definition) is 1. The van der Waals surface area contributed by atoms with Crippen LogP contribution in [0.1, 0.15) is 31.0 Å². The predicted octanol–water partition coefficient (Wildman–Crippen LogP) is 5.77. The summed E-state index contributed by atoms with van der Waals surface area (Å²) in [5.41, 5.74) is 1.22. The molecule has 186 valence electrons. The maximum atomic E-state index is 13.4. The molecule has 3 aromatic rings. The third-order valence-corrected chi connectivity index (χ3v) is 6.07. The van der Waals surface area contributed by atoms with E-state index in [0.29, 0.717) is 22.7 Å². The summed E-state index contributed by atoms with van der Waals surface area (Å²) in [5.74, 6) is -0.757. The normalized spacial score (nSPS) is 16.9. The molecule has 1 N–H and O–H groups in total. The number of rotatable bonds is 7. The Labute approximate surface area is 214 Å². The number of carbonyl (C=O) groups excluding carboxylic acids is 2. The fraction of sp³-hybridized carbons (Fsp3) is 0.214. The third-order valence-electron chi connectivity index (χ3n) is 5.78. The highest BCUT2D eigenvalue weighted by molar-refractivity contribution is 6.51. The molecule has 4 rings (SSSR count). The molecule has 0 saturated carbocycles. The summed E-state index contributed by atoms with van der Waals surface area (Å²) in [5, 5.41) is 11.7. The van der Waals surface area contributed by atoms with E-state index < -0.39 is 23.5 Å². The van der Waals surface area contributed by atoms with Gasteiger partial charge in [-0.25, -0.2) is 0 Å². The Kier molecular flexibility index (Phi) is 7.22. The van der Waals surface area contributed by atoms with Crippen molar-refractivity contribution in [2.75, 3.05) is 19.1 Å². The predicted molar refractivity (Wildman–Crippen MR) is 138 cm³/mol. The monoisotopic (exact) mass is 507 g/mol. The maximum absolute atomic E-state index is 13.4. The van der Waals surface area contributed by atoms with E-state index in [1.807, 2.05) is 19.9 Å². The van der Waals surface area contributed by atoms with Crippen LogP contribution in [0.3, 0.4) is 0 Å². The lowest BCUT2D eigenvalue weighted by Gasteiger charge is -2.26. The Morgan fingerprint density at radius 2 is 1.58 bits per heavy atom. The molecule has 1 fully saturated rings. The Balaban J connectivity index is 1.93. The van der Waals surface area contributed by atoms with Crippen molar-refractivity contribution < 1.29 is 28.9 Å². The summed E-state index contributed by atoms with van der Waals surface area (Å²) in [6, 6.07) is 18.0. The Morgan fingerprint density at radius 1 is 0.944 bits per heavy atom. The number of amides is 1. The molecule has 1 atom stereocenters. The number of carbonyl (C=O) groups is 2. The van der Waals surface area contributed by atoms with E-state index in [4.69, 9.17) is 25.8 Å². The first-order valence-corrected chi connectivity index (χ1v) is 11.7. The third kappa shape index (κ3) is 4.62. The van der Waals surface area contributed by atoms with Gasteiger partial charge in [-0.3, -0.25) is 14.5 Å². The van der Waals surface area contributed by atoms with Crippen LogP contribution in [0, 0.1) is 0 Å². The van der Waals surface area contributed by atoms with E-state index in [0.717, 1.165) is 0 Å². The van der Waals surface area contributed by atoms with E-state index in [-0.39, 0.29) is 28.0 Å². The first kappa shape index (κ1) is 25.1. The second kappa shape index (κ2) is 10.3. The number of methoxy groups -OCH3 is 2. The molecule has 8 heteroatoms. The number of aliphatic hydroxyl groups is 1. The van der Waals surface area contributed by atoms with Crippen LogP contribution in [0.5, 0.6) is 17.2 Å². The molecule has 1 unspecified atom stereocenters. The highest BCUT2D eigenvalue weighted by atomic mass is 35.5. The second-order valence-electron chi connectivity index (χ2n) is 8.43. The van der Waals surface area contributed by atoms with Crippen molar-refractivity contribution in [3.63, 3.8) is 0 Å². The van der Waals surface area contributed by atoms with Gasteiger partial charge in [-0.2, -0.15) is 0 Å². The SMILES string of the molecule is COc1cc(OC)c(/C(O)=C2\C(=O)C(=O)N(c3ccccc3)C2c2ccc(OC(C)C)cc2)cc1Cl. The van der Waals surface area contributed by atoms with Crippen molar-refractivity contribution in [2.45, 2.75) is 26.0 Å². The summed E-state index contributed by atoms with van der Waals surface area (Å²) in [6.07, 6.45) is -0.0157. The van der Waals surface area contributed by atoms with Gasteiger partial charge < -0.3 is 19.3 Å². The summed E-state index contributed by atoms with van der Waals surface area (Å²) >= 11 is 6.32. The molecule has 1 aliphatic heterocycles. The van der Waals surface area contributed by atoms with E-state index in [1.165, 1.54) is 31.3 Å². The lowest BCUT2D eigenvalue weighted by atomic mass is 9.94. The number of benzene rings is 3. The first-order chi connectivity index (χ1) is 17.3. The number of aliphatic hydroxyl groups excluding tert-OH is 1. The van der Waals surface area contributed by atoms with Gasteiger partial charge >= 0.3 is 0 Å². The van der Waals surface area contributed by atoms with Gasteiger partial charge in [0.2, 0.25) is 0 Å². The number of Topliss-reactive ketones (excluding diaryl/α,β-unsaturated/α-hetero) is 1. The zero-order chi connectivity index (χ0) is 26.0. The average Bonchev–Trinajstić information content (AvgIpc) is 3.14. The standard InChI is InChI=1S/C28H26ClNO6/c1-16(2)36-19-12-10-17(11-13-19)25-24(27(32)28(33)30(25)18-8-6-5-7-9-18)26(31)20-14-21(29)23(35-4)15-22(20)34-3/h5-16,25,31H,1-4H3/b26-24+. The summed E-state index contributed by atoms with van der Waals surface area (Å²) in [7, 11) is 2.88. The number of hydrogen-bond acceptors (Lipinski definition) is 6. The van der Waals surface area contributed by atoms with Crippen molar-refractivity contribution in [1.82, 2.24) is 0 Å². The molecule has 0 radical (unpaired) electrons. The molecule has 3 aromatic carbocycles. The van der Waals surface area contributed by atoms with Crippen LogP contribution >= 0.6 is 11.6 Å². The van der Waals surface area contributed by atoms with Gasteiger partial charge in [-0.15, -0.1) is 0 Å². The van der Waals surface area contributed by atoms with Crippen molar-refractivity contribution in [3.8, 4) is 17.2 Å². The molecule has 0 aromatic heterocycles. The lowest BCUT2D eigenvalue weighted by molar-refractivity contribution is -0.132. The molecule has 1 heterocycles. The number of para-hydroxylation sites is 1. The van der Waals surface area contributed by atoms with Crippen LogP contribution in [0.15, 0.2) is 72.3 Å². The van der Waals surface area contributed by atoms with Crippen LogP contribution in [-0.2, 0) is 9.59 Å². The van der Waals surface area contributed by atoms with E-state index in [9.17, 15) is 14.7 Å². The van der Waals surface area contributed by atoms with Gasteiger partial charge in [0, 0.05) is 11.8 Å². The second-order valence-corrected chi connectivity index (χ2v) is 8.83. The molecule has 7 nitrogen and oxygen atoms in total. The fourth-order valence-corrected chi connectivity index (χ4v) is 4.43. The number of nitrogens with zero attached hydrogens (tertiary/aromatic N) is 1. The van der Waals surface area contributed by atoms with Crippen LogP contribution in [-0.4, -0.2) is 37.1 Å². The molecule has 0 aliphatic carbocycles. The maximum Gasteiger partial charge on any atom is 0.300 e. The van der Waals surface area contributed by atoms with Crippen LogP contribution in [0.4, 0.5) is 5.69 Å². The zero-order valence-electron chi connectivity index (χ0n) is 20.3. The quantitative estimate of drug-likeness (QED) is 0.248. The van der Waals surface area contributed by atoms with Gasteiger partial charge in [-0.1, -0.05) is 41.9 Å². The molecule has 0 spiro atoms. The van der Waals surface area contributed by atoms with Crippen molar-refractivity contribution in [1.29, 1.82) is 0 Å². The minimum atomic E-state index is -0.897. The van der Waals surface area contributed by atoms with E-state index >= 15 is 0 Å². The number of anilines is 1. The molecular formula is C28H26ClNO6. The van der Waals surface area contributed by atoms with Gasteiger partial charge in [-0.05, 0) is 49.7 Å². The van der Waals surface area contributed by atoms with Crippen molar-refractivity contribution >= 4 is 34.7 Å². The van der Waals surface area contributed by atoms with Crippen LogP contribution < -0.4 is 19.1 Å². The fourth-order valence-electron chi connectivity index (χ4n) is 4.19. The van der Waals surface area contributed by atoms with Crippen molar-refractivity contribution in [3.05, 3.63) is 88.5 Å². The Bertz CT molecular complexity index is 1320. The van der Waals surface area contributed by atoms with Gasteiger partial charge in [0.25, 0.3) is 11.7 Å². The van der Waals surface area contributed by atoms with Gasteiger partial charge in [0.15, 0.2) is 0 Å². The van der Waals surface area contributed by atoms with Gasteiger partial charge in [0.1, 0.15) is 23.0 Å². The Morgan fingerprint density at radius 3 is 2.17 bits per heavy atom. The molecular weight excluding hydrogens is 482 g/mol. The summed E-state index contributed by atoms with van der Waals surface area (Å²) in [4.78, 5) is 28.1. The number of ketones is 1. The molecule has 0 bridgehead atoms. The number of halogens is 1. The van der Waals surface area contributed by atoms with Gasteiger partial charge in [0.05, 0.1) is 42.5 Å². The molecule has 1 saturated heterocycles. The topological polar surface area (TPSA) is 85.3 Å². The van der Waals surface area contributed by atoms with E-state index in [2.05, 4.69) is 0 Å². The largest absolute Gasteiger partial charge is 0.507 e. The molecule has 1 aliphatic rings. The van der Waals surface area contributed by atoms with Crippen molar-refractivity contribution in [2.24, 2.45) is 0 Å². The zero-order valence-corrected chi connectivity index (χ0v) is 21.1. The Hall–Kier alpha value is -3.97. The lowest BCUT2D eigenvalue weighted by Crippen LogP contribution is -2.29. The van der Waals surface area contributed by atoms with Crippen LogP contribution in [0.2, 0.25) is 5.02 Å². The minimum Gasteiger partial charge on any atom is -0.507 e. The van der Waals surface area contributed by atoms with E-state index in [1.54, 1.807) is 48.5 Å². The molecule has 36 heavy (non-hydrogen) atoms. The summed E-state index contributed by atoms with van der Waals surface area (Å²) in [6.45, 7) is 3.84. The highest BCUT2D eigenvalue weighted by Gasteiger charge is 2.47. The average molecular weight is 508 g/mol. The smallest absolute Gasteiger partial charge is 0.300 e. The molecule has 1 amide bonds. The van der Waals surface area contributed by atoms with Crippen LogP contribution in [0.25, 0.3) is 5.76 Å². The summed E-state index contributed by atoms with van der Waals surface area (Å²) < 4.78 is 16.4.